The van der Waals surface area contributed by atoms with Crippen molar-refractivity contribution in [3.63, 3.8) is 0 Å². The number of nitrogens with zero attached hydrogens (tertiary/aromatic N) is 6. The van der Waals surface area contributed by atoms with Crippen molar-refractivity contribution in [2.45, 2.75) is 57.9 Å². The van der Waals surface area contributed by atoms with Gasteiger partial charge in [-0.05, 0) is 30.5 Å². The van der Waals surface area contributed by atoms with E-state index in [1.165, 1.54) is 12.8 Å². The Morgan fingerprint density at radius 1 is 0.977 bits per heavy atom. The minimum absolute atomic E-state index is 0.115. The number of carbonyl (C=O) groups is 1. The number of pyridine rings is 1. The number of fused-ring (bicyclic) bond motifs is 3. The van der Waals surface area contributed by atoms with Crippen LogP contribution in [-0.4, -0.2) is 75.6 Å². The number of morpholine rings is 1. The topological polar surface area (TPSA) is 89.0 Å². The first kappa shape index (κ1) is 28.2. The molecule has 4 aromatic heterocycles. The van der Waals surface area contributed by atoms with E-state index < -0.39 is 0 Å². The summed E-state index contributed by atoms with van der Waals surface area (Å²) in [6.45, 7) is 12.1. The first-order valence-corrected chi connectivity index (χ1v) is 16.0. The summed E-state index contributed by atoms with van der Waals surface area (Å²) in [7, 11) is 0. The van der Waals surface area contributed by atoms with Crippen molar-refractivity contribution in [3.8, 4) is 11.3 Å². The van der Waals surface area contributed by atoms with Gasteiger partial charge >= 0.3 is 0 Å². The number of aromatic nitrogens is 4. The van der Waals surface area contributed by atoms with Crippen molar-refractivity contribution in [3.05, 3.63) is 65.7 Å². The Morgan fingerprint density at radius 3 is 2.47 bits per heavy atom. The fourth-order valence-electron chi connectivity index (χ4n) is 6.13. The molecule has 7 rings (SSSR count). The summed E-state index contributed by atoms with van der Waals surface area (Å²) >= 11 is 1.63. The molecule has 2 fully saturated rings. The number of piperidine rings is 1. The molecule has 0 N–H and O–H groups in total. The van der Waals surface area contributed by atoms with E-state index in [4.69, 9.17) is 19.2 Å². The molecular weight excluding hydrogens is 560 g/mol. The summed E-state index contributed by atoms with van der Waals surface area (Å²) in [5.74, 6) is 1.97. The molecule has 0 bridgehead atoms. The number of benzene rings is 1. The smallest absolute Gasteiger partial charge is 0.196 e. The maximum absolute atomic E-state index is 12.7. The molecule has 2 aliphatic rings. The fraction of sp³-hybridized carbons (Fsp3) is 0.455. The number of carbonyl (C=O) groups excluding carboxylic acids is 1. The lowest BCUT2D eigenvalue weighted by atomic mass is 9.93. The van der Waals surface area contributed by atoms with Crippen molar-refractivity contribution in [2.24, 2.45) is 0 Å². The molecule has 43 heavy (non-hydrogen) atoms. The van der Waals surface area contributed by atoms with Crippen LogP contribution < -0.4 is 4.90 Å². The molecule has 2 saturated heterocycles. The van der Waals surface area contributed by atoms with Crippen molar-refractivity contribution in [2.75, 3.05) is 44.3 Å². The Kier molecular flexibility index (Phi) is 7.53. The largest absolute Gasteiger partial charge is 0.379 e. The Bertz CT molecular complexity index is 1730. The molecule has 2 aliphatic heterocycles. The summed E-state index contributed by atoms with van der Waals surface area (Å²) < 4.78 is 13.1. The second-order valence-corrected chi connectivity index (χ2v) is 13.7. The van der Waals surface area contributed by atoms with Crippen LogP contribution in [0.2, 0.25) is 0 Å². The van der Waals surface area contributed by atoms with Gasteiger partial charge in [-0.25, -0.2) is 9.97 Å². The van der Waals surface area contributed by atoms with Crippen molar-refractivity contribution < 1.29 is 14.1 Å². The minimum atomic E-state index is -0.127. The highest BCUT2D eigenvalue weighted by molar-refractivity contribution is 7.23. The molecule has 0 atom stereocenters. The molecule has 0 spiro atoms. The lowest BCUT2D eigenvalue weighted by Crippen LogP contribution is -2.49. The van der Waals surface area contributed by atoms with Gasteiger partial charge in [0.05, 0.1) is 36.5 Å². The second kappa shape index (κ2) is 11.5. The number of anilines is 1. The second-order valence-electron chi connectivity index (χ2n) is 12.8. The first-order chi connectivity index (χ1) is 20.8. The number of ketones is 1. The highest BCUT2D eigenvalue weighted by Crippen LogP contribution is 2.31. The van der Waals surface area contributed by atoms with Crippen LogP contribution in [0.3, 0.4) is 0 Å². The van der Waals surface area contributed by atoms with E-state index in [1.807, 2.05) is 30.3 Å². The van der Waals surface area contributed by atoms with Crippen molar-refractivity contribution in [1.29, 1.82) is 0 Å². The fourth-order valence-corrected chi connectivity index (χ4v) is 7.10. The molecule has 1 aromatic carbocycles. The average molecular weight is 599 g/mol. The molecular formula is C33H38N6O3S. The Hall–Kier alpha value is -3.60. The quantitative estimate of drug-likeness (QED) is 0.241. The van der Waals surface area contributed by atoms with Crippen LogP contribution >= 0.6 is 11.3 Å². The zero-order valence-corrected chi connectivity index (χ0v) is 25.9. The number of ether oxygens (including phenoxy) is 1. The third-order valence-electron chi connectivity index (χ3n) is 8.62. The van der Waals surface area contributed by atoms with E-state index in [0.717, 1.165) is 83.1 Å². The molecule has 5 aromatic rings. The predicted octanol–water partition coefficient (Wildman–Crippen LogP) is 5.55. The first-order valence-electron chi connectivity index (χ1n) is 15.2. The Labute approximate surface area is 255 Å². The van der Waals surface area contributed by atoms with Gasteiger partial charge in [0.2, 0.25) is 0 Å². The zero-order valence-electron chi connectivity index (χ0n) is 25.1. The van der Waals surface area contributed by atoms with Crippen LogP contribution in [0.5, 0.6) is 0 Å². The summed E-state index contributed by atoms with van der Waals surface area (Å²) in [6.07, 6.45) is 5.06. The standard InChI is InChI=1S/C33H38N6O3S/c1-33(2,3)29-20-24(36-42-29)19-26(40)18-22-4-6-23(7-5-22)27-21-39-28-8-9-30(35-31(28)43-32(39)34-27)38-12-10-25(11-13-38)37-14-16-41-17-15-37/h4-9,20-21,25H,10-19H2,1-3H3. The van der Waals surface area contributed by atoms with Crippen LogP contribution in [0.25, 0.3) is 26.6 Å². The van der Waals surface area contributed by atoms with Crippen LogP contribution in [0.4, 0.5) is 5.82 Å². The highest BCUT2D eigenvalue weighted by atomic mass is 32.1. The zero-order chi connectivity index (χ0) is 29.6. The molecule has 0 radical (unpaired) electrons. The number of thiazole rings is 1. The van der Waals surface area contributed by atoms with E-state index in [2.05, 4.69) is 58.5 Å². The van der Waals surface area contributed by atoms with E-state index in [9.17, 15) is 4.79 Å². The molecule has 10 heteroatoms. The molecule has 0 amide bonds. The van der Waals surface area contributed by atoms with E-state index in [-0.39, 0.29) is 17.6 Å². The van der Waals surface area contributed by atoms with Gasteiger partial charge in [0, 0.05) is 61.9 Å². The molecule has 0 aliphatic carbocycles. The molecule has 224 valence electrons. The summed E-state index contributed by atoms with van der Waals surface area (Å²) in [6, 6.07) is 15.0. The molecule has 0 unspecified atom stereocenters. The van der Waals surface area contributed by atoms with E-state index >= 15 is 0 Å². The number of Topliss-reactive ketones (excluding diaryl/α,β-unsaturated/α-hetero) is 1. The maximum atomic E-state index is 12.7. The summed E-state index contributed by atoms with van der Waals surface area (Å²) in [5, 5.41) is 4.09. The van der Waals surface area contributed by atoms with Crippen molar-refractivity contribution in [1.82, 2.24) is 24.4 Å². The van der Waals surface area contributed by atoms with E-state index in [1.54, 1.807) is 11.3 Å². The summed E-state index contributed by atoms with van der Waals surface area (Å²) in [4.78, 5) is 29.6. The Morgan fingerprint density at radius 2 is 1.74 bits per heavy atom. The molecule has 6 heterocycles. The van der Waals surface area contributed by atoms with Gasteiger partial charge < -0.3 is 14.2 Å². The van der Waals surface area contributed by atoms with E-state index in [0.29, 0.717) is 18.2 Å². The van der Waals surface area contributed by atoms with Gasteiger partial charge in [0.25, 0.3) is 0 Å². The summed E-state index contributed by atoms with van der Waals surface area (Å²) in [5.41, 5.74) is 4.56. The Balaban J connectivity index is 0.994. The monoisotopic (exact) mass is 598 g/mol. The number of imidazole rings is 1. The minimum Gasteiger partial charge on any atom is -0.379 e. The van der Waals surface area contributed by atoms with Gasteiger partial charge in [-0.3, -0.25) is 14.1 Å². The average Bonchev–Trinajstić information content (AvgIpc) is 3.73. The SMILES string of the molecule is CC(C)(C)c1cc(CC(=O)Cc2ccc(-c3cn4c(n3)sc3nc(N5CCC(N6CCOCC6)CC5)ccc34)cc2)no1. The highest BCUT2D eigenvalue weighted by Gasteiger charge is 2.27. The normalized spacial score (nSPS) is 17.3. The van der Waals surface area contributed by atoms with Gasteiger partial charge in [-0.2, -0.15) is 0 Å². The van der Waals surface area contributed by atoms with Gasteiger partial charge in [0.15, 0.2) is 4.96 Å². The molecule has 0 saturated carbocycles. The lowest BCUT2D eigenvalue weighted by Gasteiger charge is -2.40. The number of rotatable bonds is 7. The predicted molar refractivity (Wildman–Crippen MR) is 169 cm³/mol. The van der Waals surface area contributed by atoms with Crippen molar-refractivity contribution >= 4 is 38.2 Å². The molecule has 9 nitrogen and oxygen atoms in total. The lowest BCUT2D eigenvalue weighted by molar-refractivity contribution is -0.117. The third-order valence-corrected chi connectivity index (χ3v) is 9.59. The van der Waals surface area contributed by atoms with Gasteiger partial charge in [-0.15, -0.1) is 0 Å². The number of hydrogen-bond donors (Lipinski definition) is 0. The maximum Gasteiger partial charge on any atom is 0.196 e. The van der Waals surface area contributed by atoms with Crippen LogP contribution in [-0.2, 0) is 27.8 Å². The number of hydrogen-bond acceptors (Lipinski definition) is 9. The third kappa shape index (κ3) is 5.96. The van der Waals surface area contributed by atoms with Crippen LogP contribution in [0.15, 0.2) is 53.2 Å². The van der Waals surface area contributed by atoms with Crippen LogP contribution in [0.1, 0.15) is 50.6 Å². The van der Waals surface area contributed by atoms with Gasteiger partial charge in [0.1, 0.15) is 22.2 Å². The van der Waals surface area contributed by atoms with Crippen LogP contribution in [0, 0.1) is 0 Å². The van der Waals surface area contributed by atoms with Gasteiger partial charge in [-0.1, -0.05) is 61.5 Å².